The van der Waals surface area contributed by atoms with Crippen molar-refractivity contribution in [1.82, 2.24) is 0 Å². The van der Waals surface area contributed by atoms with E-state index < -0.39 is 56.9 Å². The Labute approximate surface area is 294 Å². The predicted octanol–water partition coefficient (Wildman–Crippen LogP) is 4.98. The molecule has 0 saturated heterocycles. The smallest absolute Gasteiger partial charge is 0.294 e. The standard InChI is InChI=1S/C35H34O13S3/c36-18-21-3-1-2-4-32(21)22-10-25-12-27-16-30(50(43,44)45)14-23(33(27)37)6-19-5-20(9-29(8-19)49(40,41)42)7-24-15-31(51(46,47)48)17-28(34(24)38)13-26(11-22)35(25)39/h1-5,8-10,14-15,17,26-27,36-39H,6-7,11-13,16,18H2,(H,40,41,42)(H,43,44,45)(H,46,47,48). The molecule has 0 aromatic heterocycles. The normalized spacial score (nSPS) is 20.2. The molecule has 16 heteroatoms. The second-order valence-corrected chi connectivity index (χ2v) is 17.3. The van der Waals surface area contributed by atoms with Crippen LogP contribution in [0.15, 0.2) is 104 Å². The summed E-state index contributed by atoms with van der Waals surface area (Å²) < 4.78 is 104. The summed E-state index contributed by atoms with van der Waals surface area (Å²) in [5.74, 6) is -2.70. The third-order valence-electron chi connectivity index (χ3n) is 9.48. The van der Waals surface area contributed by atoms with Crippen molar-refractivity contribution in [2.45, 2.75) is 54.9 Å². The van der Waals surface area contributed by atoms with Gasteiger partial charge in [0.15, 0.2) is 0 Å². The van der Waals surface area contributed by atoms with Crippen LogP contribution in [-0.2, 0) is 56.2 Å². The molecule has 6 rings (SSSR count). The first-order valence-corrected chi connectivity index (χ1v) is 20.0. The Morgan fingerprint density at radius 3 is 1.84 bits per heavy atom. The number of aliphatic hydroxyl groups excluding tert-OH is 3. The molecule has 51 heavy (non-hydrogen) atoms. The molecular formula is C35H34O13S3. The van der Waals surface area contributed by atoms with Gasteiger partial charge < -0.3 is 20.4 Å². The molecule has 0 fully saturated rings. The van der Waals surface area contributed by atoms with Crippen LogP contribution in [0.2, 0.25) is 0 Å². The number of allylic oxidation sites excluding steroid dienone is 8. The SMILES string of the molecule is O=S(=O)(O)C1=CC2=C(O)C(C1)CC1=C(O)C(CC(c3ccccc3CO)=C1)Cc1cc(S(=O)(=O)O)cc(c1O)Cc1cc(cc(S(=O)(=O)O)c1)C2. The third kappa shape index (κ3) is 7.67. The van der Waals surface area contributed by atoms with Crippen LogP contribution in [-0.4, -0.2) is 59.3 Å². The van der Waals surface area contributed by atoms with Gasteiger partial charge in [-0.2, -0.15) is 25.3 Å². The van der Waals surface area contributed by atoms with Crippen LogP contribution >= 0.6 is 0 Å². The van der Waals surface area contributed by atoms with Gasteiger partial charge in [-0.15, -0.1) is 0 Å². The number of phenolic OH excluding ortho intramolecular Hbond substituents is 1. The molecule has 0 spiro atoms. The zero-order valence-electron chi connectivity index (χ0n) is 26.8. The molecule has 13 nitrogen and oxygen atoms in total. The zero-order valence-corrected chi connectivity index (χ0v) is 29.2. The molecule has 0 heterocycles. The van der Waals surface area contributed by atoms with Gasteiger partial charge in [-0.3, -0.25) is 13.7 Å². The summed E-state index contributed by atoms with van der Waals surface area (Å²) in [5, 5.41) is 44.9. The van der Waals surface area contributed by atoms with Crippen LogP contribution in [0.25, 0.3) is 5.57 Å². The molecule has 8 bridgehead atoms. The lowest BCUT2D eigenvalue weighted by atomic mass is 9.77. The molecular weight excluding hydrogens is 725 g/mol. The van der Waals surface area contributed by atoms with Gasteiger partial charge in [0.05, 0.1) is 32.8 Å². The minimum atomic E-state index is -4.83. The number of benzene rings is 3. The van der Waals surface area contributed by atoms with Gasteiger partial charge in [0, 0.05) is 24.7 Å². The van der Waals surface area contributed by atoms with Gasteiger partial charge in [-0.25, -0.2) is 0 Å². The molecule has 3 aliphatic rings. The van der Waals surface area contributed by atoms with Gasteiger partial charge in [-0.05, 0) is 106 Å². The summed E-state index contributed by atoms with van der Waals surface area (Å²) in [6, 6.07) is 12.7. The number of hydrogen-bond acceptors (Lipinski definition) is 10. The average molecular weight is 759 g/mol. The van der Waals surface area contributed by atoms with Crippen molar-refractivity contribution in [3.05, 3.63) is 128 Å². The van der Waals surface area contributed by atoms with Gasteiger partial charge in [0.1, 0.15) is 5.75 Å². The van der Waals surface area contributed by atoms with Crippen molar-refractivity contribution >= 4 is 35.9 Å². The van der Waals surface area contributed by atoms with Crippen molar-refractivity contribution in [2.75, 3.05) is 0 Å². The van der Waals surface area contributed by atoms with Crippen molar-refractivity contribution in [3.63, 3.8) is 0 Å². The number of rotatable bonds is 5. The predicted molar refractivity (Wildman–Crippen MR) is 185 cm³/mol. The molecule has 7 N–H and O–H groups in total. The molecule has 2 unspecified atom stereocenters. The Morgan fingerprint density at radius 2 is 1.20 bits per heavy atom. The van der Waals surface area contributed by atoms with E-state index in [2.05, 4.69) is 0 Å². The summed E-state index contributed by atoms with van der Waals surface area (Å²) in [6.07, 6.45) is 1.56. The topological polar surface area (TPSA) is 244 Å². The Hall–Kier alpha value is -4.29. The van der Waals surface area contributed by atoms with E-state index >= 15 is 0 Å². The Kier molecular flexibility index (Phi) is 9.56. The maximum atomic E-state index is 12.4. The highest BCUT2D eigenvalue weighted by Crippen LogP contribution is 2.44. The van der Waals surface area contributed by atoms with Crippen LogP contribution in [0.5, 0.6) is 5.75 Å². The van der Waals surface area contributed by atoms with E-state index in [0.717, 1.165) is 30.3 Å². The zero-order chi connectivity index (χ0) is 37.0. The first kappa shape index (κ1) is 36.5. The molecule has 3 aliphatic carbocycles. The van der Waals surface area contributed by atoms with Gasteiger partial charge in [-0.1, -0.05) is 36.4 Å². The maximum absolute atomic E-state index is 12.4. The number of aromatic hydroxyl groups is 1. The summed E-state index contributed by atoms with van der Waals surface area (Å²) in [4.78, 5) is -1.56. The van der Waals surface area contributed by atoms with Crippen LogP contribution in [0.1, 0.15) is 52.6 Å². The maximum Gasteiger partial charge on any atom is 0.294 e. The Bertz CT molecular complexity index is 2420. The summed E-state index contributed by atoms with van der Waals surface area (Å²) in [7, 11) is -14.4. The lowest BCUT2D eigenvalue weighted by Gasteiger charge is -2.30. The van der Waals surface area contributed by atoms with Crippen molar-refractivity contribution < 1.29 is 59.3 Å². The Balaban J connectivity index is 1.62. The quantitative estimate of drug-likeness (QED) is 0.170. The molecule has 0 amide bonds. The molecule has 3 aromatic carbocycles. The highest BCUT2D eigenvalue weighted by Gasteiger charge is 2.34. The van der Waals surface area contributed by atoms with Crippen molar-refractivity contribution in [2.24, 2.45) is 11.8 Å². The molecule has 0 radical (unpaired) electrons. The summed E-state index contributed by atoms with van der Waals surface area (Å²) in [5.41, 5.74) is 2.40. The average Bonchev–Trinajstić information content (AvgIpc) is 3.04. The number of phenols is 1. The van der Waals surface area contributed by atoms with E-state index in [1.807, 2.05) is 0 Å². The fourth-order valence-corrected chi connectivity index (χ4v) is 8.98. The fraction of sp³-hybridized carbons (Fsp3) is 0.257. The van der Waals surface area contributed by atoms with E-state index in [0.29, 0.717) is 16.7 Å². The van der Waals surface area contributed by atoms with Gasteiger partial charge >= 0.3 is 0 Å². The van der Waals surface area contributed by atoms with E-state index in [4.69, 9.17) is 0 Å². The largest absolute Gasteiger partial charge is 0.512 e. The van der Waals surface area contributed by atoms with E-state index in [-0.39, 0.29) is 95.8 Å². The lowest BCUT2D eigenvalue weighted by molar-refractivity contribution is 0.281. The minimum Gasteiger partial charge on any atom is -0.512 e. The molecule has 270 valence electrons. The van der Waals surface area contributed by atoms with Crippen LogP contribution in [0.4, 0.5) is 0 Å². The molecule has 0 saturated carbocycles. The number of hydrogen-bond donors (Lipinski definition) is 7. The first-order chi connectivity index (χ1) is 23.8. The summed E-state index contributed by atoms with van der Waals surface area (Å²) >= 11 is 0. The second-order valence-electron chi connectivity index (χ2n) is 13.0. The van der Waals surface area contributed by atoms with E-state index in [1.165, 1.54) is 6.07 Å². The highest BCUT2D eigenvalue weighted by molar-refractivity contribution is 7.89. The van der Waals surface area contributed by atoms with Gasteiger partial charge in [0.2, 0.25) is 0 Å². The first-order valence-electron chi connectivity index (χ1n) is 15.7. The van der Waals surface area contributed by atoms with Crippen LogP contribution in [0, 0.1) is 11.8 Å². The second kappa shape index (κ2) is 13.4. The monoisotopic (exact) mass is 758 g/mol. The van der Waals surface area contributed by atoms with Crippen molar-refractivity contribution in [3.8, 4) is 5.75 Å². The van der Waals surface area contributed by atoms with E-state index in [9.17, 15) is 59.3 Å². The van der Waals surface area contributed by atoms with Gasteiger partial charge in [0.25, 0.3) is 30.4 Å². The lowest BCUT2D eigenvalue weighted by Crippen LogP contribution is -2.21. The summed E-state index contributed by atoms with van der Waals surface area (Å²) in [6.45, 7) is -0.318. The number of aliphatic hydroxyl groups is 3. The third-order valence-corrected chi connectivity index (χ3v) is 12.1. The highest BCUT2D eigenvalue weighted by atomic mass is 32.2. The minimum absolute atomic E-state index is 0.00481. The van der Waals surface area contributed by atoms with Crippen LogP contribution in [0.3, 0.4) is 0 Å². The number of fused-ring (bicyclic) bond motifs is 6. The molecule has 2 atom stereocenters. The van der Waals surface area contributed by atoms with E-state index in [1.54, 1.807) is 30.3 Å². The van der Waals surface area contributed by atoms with Crippen molar-refractivity contribution in [1.29, 1.82) is 0 Å². The Morgan fingerprint density at radius 1 is 0.608 bits per heavy atom. The fourth-order valence-electron chi connectivity index (χ4n) is 7.10. The molecule has 3 aromatic rings. The van der Waals surface area contributed by atoms with Crippen LogP contribution < -0.4 is 0 Å². The molecule has 0 aliphatic heterocycles.